The third-order valence-corrected chi connectivity index (χ3v) is 6.77. The molecule has 0 heterocycles. The molecule has 0 spiro atoms. The Kier molecular flexibility index (Phi) is 6.65. The number of alkyl halides is 3. The molecule has 36 heavy (non-hydrogen) atoms. The van der Waals surface area contributed by atoms with Gasteiger partial charge in [0.1, 0.15) is 0 Å². The minimum Gasteiger partial charge on any atom is -0.166 e. The lowest BCUT2D eigenvalue weighted by molar-refractivity contribution is -0.137. The molecule has 0 fully saturated rings. The molecule has 0 aliphatic carbocycles. The fraction of sp³-hybridized carbons (Fsp3) is 0.152. The number of unbranched alkanes of at least 4 members (excludes halogenated alkanes) is 1. The van der Waals surface area contributed by atoms with Crippen LogP contribution in [0.15, 0.2) is 109 Å². The Bertz CT molecular complexity index is 1460. The molecule has 0 saturated heterocycles. The van der Waals surface area contributed by atoms with Crippen LogP contribution >= 0.6 is 0 Å². The first kappa shape index (κ1) is 23.9. The van der Waals surface area contributed by atoms with Crippen LogP contribution in [0.3, 0.4) is 0 Å². The van der Waals surface area contributed by atoms with Gasteiger partial charge >= 0.3 is 6.18 Å². The Morgan fingerprint density at radius 3 is 1.50 bits per heavy atom. The molecule has 5 aromatic rings. The number of benzene rings is 5. The van der Waals surface area contributed by atoms with E-state index in [2.05, 4.69) is 67.6 Å². The molecule has 3 heteroatoms. The van der Waals surface area contributed by atoms with Crippen molar-refractivity contribution in [3.63, 3.8) is 0 Å². The quantitative estimate of drug-likeness (QED) is 0.227. The number of halogens is 3. The molecule has 0 amide bonds. The third-order valence-electron chi connectivity index (χ3n) is 6.77. The Hall–Kier alpha value is -3.85. The predicted molar refractivity (Wildman–Crippen MR) is 144 cm³/mol. The van der Waals surface area contributed by atoms with Crippen molar-refractivity contribution in [1.29, 1.82) is 0 Å². The standard InChI is InChI=1S/C33H27F3/c1-2-3-6-27-19-22-31(32-8-5-4-7-30(27)32)28-15-13-25(14-16-28)23-9-11-24(12-10-23)26-17-20-29(21-18-26)33(34,35)36/h4-5,7-22H,2-3,6H2,1H3. The highest BCUT2D eigenvalue weighted by Crippen LogP contribution is 2.34. The van der Waals surface area contributed by atoms with Crippen LogP contribution in [0.25, 0.3) is 44.2 Å². The zero-order valence-electron chi connectivity index (χ0n) is 20.1. The van der Waals surface area contributed by atoms with Gasteiger partial charge in [-0.25, -0.2) is 0 Å². The van der Waals surface area contributed by atoms with Crippen molar-refractivity contribution in [2.45, 2.75) is 32.4 Å². The second kappa shape index (κ2) is 10.0. The minimum absolute atomic E-state index is 0.633. The molecule has 5 aromatic carbocycles. The molecular weight excluding hydrogens is 453 g/mol. The maximum atomic E-state index is 12.8. The van der Waals surface area contributed by atoms with Gasteiger partial charge < -0.3 is 0 Å². The van der Waals surface area contributed by atoms with Crippen LogP contribution in [0.5, 0.6) is 0 Å². The molecule has 0 atom stereocenters. The van der Waals surface area contributed by atoms with E-state index in [1.165, 1.54) is 52.4 Å². The zero-order chi connectivity index (χ0) is 25.1. The topological polar surface area (TPSA) is 0 Å². The largest absolute Gasteiger partial charge is 0.416 e. The maximum Gasteiger partial charge on any atom is 0.416 e. The summed E-state index contributed by atoms with van der Waals surface area (Å²) in [6, 6.07) is 34.9. The van der Waals surface area contributed by atoms with Crippen LogP contribution in [-0.4, -0.2) is 0 Å². The molecule has 0 aliphatic rings. The van der Waals surface area contributed by atoms with E-state index in [-0.39, 0.29) is 0 Å². The summed E-state index contributed by atoms with van der Waals surface area (Å²) in [6.45, 7) is 2.22. The van der Waals surface area contributed by atoms with Crippen molar-refractivity contribution in [2.75, 3.05) is 0 Å². The van der Waals surface area contributed by atoms with Crippen molar-refractivity contribution in [3.05, 3.63) is 120 Å². The van der Waals surface area contributed by atoms with Crippen molar-refractivity contribution in [2.24, 2.45) is 0 Å². The highest BCUT2D eigenvalue weighted by atomic mass is 19.4. The van der Waals surface area contributed by atoms with E-state index in [9.17, 15) is 13.2 Å². The number of rotatable bonds is 6. The summed E-state index contributed by atoms with van der Waals surface area (Å²) in [6.07, 6.45) is -0.852. The van der Waals surface area contributed by atoms with Crippen LogP contribution in [0.2, 0.25) is 0 Å². The number of hydrogen-bond donors (Lipinski definition) is 0. The molecule has 0 radical (unpaired) electrons. The molecule has 0 aliphatic heterocycles. The predicted octanol–water partition coefficient (Wildman–Crippen LogP) is 10.2. The monoisotopic (exact) mass is 480 g/mol. The summed E-state index contributed by atoms with van der Waals surface area (Å²) in [4.78, 5) is 0. The van der Waals surface area contributed by atoms with Crippen molar-refractivity contribution >= 4 is 10.8 Å². The summed E-state index contributed by atoms with van der Waals surface area (Å²) in [7, 11) is 0. The van der Waals surface area contributed by atoms with Gasteiger partial charge in [0.05, 0.1) is 5.56 Å². The smallest absolute Gasteiger partial charge is 0.166 e. The minimum atomic E-state index is -4.32. The van der Waals surface area contributed by atoms with Gasteiger partial charge in [-0.3, -0.25) is 0 Å². The maximum absolute atomic E-state index is 12.8. The highest BCUT2D eigenvalue weighted by molar-refractivity contribution is 5.98. The van der Waals surface area contributed by atoms with Crippen LogP contribution in [0.1, 0.15) is 30.9 Å². The molecular formula is C33H27F3. The second-order valence-electron chi connectivity index (χ2n) is 9.15. The van der Waals surface area contributed by atoms with Gasteiger partial charge in [0.2, 0.25) is 0 Å². The molecule has 5 rings (SSSR count). The first-order valence-electron chi connectivity index (χ1n) is 12.3. The van der Waals surface area contributed by atoms with Crippen molar-refractivity contribution in [3.8, 4) is 33.4 Å². The van der Waals surface area contributed by atoms with Crippen molar-refractivity contribution < 1.29 is 13.2 Å². The van der Waals surface area contributed by atoms with Crippen LogP contribution in [-0.2, 0) is 12.6 Å². The fourth-order valence-electron chi connectivity index (χ4n) is 4.75. The first-order valence-corrected chi connectivity index (χ1v) is 12.3. The van der Waals surface area contributed by atoms with Gasteiger partial charge in [0.25, 0.3) is 0 Å². The third kappa shape index (κ3) is 4.92. The Balaban J connectivity index is 1.39. The van der Waals surface area contributed by atoms with Gasteiger partial charge in [0.15, 0.2) is 0 Å². The van der Waals surface area contributed by atoms with E-state index >= 15 is 0 Å². The van der Waals surface area contributed by atoms with E-state index in [0.717, 1.165) is 40.8 Å². The second-order valence-corrected chi connectivity index (χ2v) is 9.15. The lowest BCUT2D eigenvalue weighted by atomic mass is 9.92. The van der Waals surface area contributed by atoms with Gasteiger partial charge in [-0.15, -0.1) is 0 Å². The van der Waals surface area contributed by atoms with Crippen LogP contribution in [0.4, 0.5) is 13.2 Å². The van der Waals surface area contributed by atoms with Crippen LogP contribution in [0, 0.1) is 0 Å². The summed E-state index contributed by atoms with van der Waals surface area (Å²) in [5, 5.41) is 2.60. The molecule has 0 aromatic heterocycles. The van der Waals surface area contributed by atoms with Gasteiger partial charge in [-0.05, 0) is 74.7 Å². The number of hydrogen-bond acceptors (Lipinski definition) is 0. The average Bonchev–Trinajstić information content (AvgIpc) is 2.91. The van der Waals surface area contributed by atoms with Crippen molar-refractivity contribution in [1.82, 2.24) is 0 Å². The van der Waals surface area contributed by atoms with E-state index < -0.39 is 11.7 Å². The van der Waals surface area contributed by atoms with Gasteiger partial charge in [0, 0.05) is 0 Å². The molecule has 0 N–H and O–H groups in total. The zero-order valence-corrected chi connectivity index (χ0v) is 20.1. The Morgan fingerprint density at radius 2 is 1.00 bits per heavy atom. The molecule has 0 nitrogen and oxygen atoms in total. The Labute approximate surface area is 210 Å². The summed E-state index contributed by atoms with van der Waals surface area (Å²) < 4.78 is 38.5. The molecule has 0 unspecified atom stereocenters. The lowest BCUT2D eigenvalue weighted by Crippen LogP contribution is -2.03. The highest BCUT2D eigenvalue weighted by Gasteiger charge is 2.29. The fourth-order valence-corrected chi connectivity index (χ4v) is 4.75. The summed E-state index contributed by atoms with van der Waals surface area (Å²) in [5.41, 5.74) is 7.00. The molecule has 0 bridgehead atoms. The Morgan fingerprint density at radius 1 is 0.528 bits per heavy atom. The van der Waals surface area contributed by atoms with Gasteiger partial charge in [-0.2, -0.15) is 13.2 Å². The number of fused-ring (bicyclic) bond motifs is 1. The van der Waals surface area contributed by atoms with E-state index in [0.29, 0.717) is 0 Å². The van der Waals surface area contributed by atoms with E-state index in [1.807, 2.05) is 24.3 Å². The molecule has 0 saturated carbocycles. The van der Waals surface area contributed by atoms with Gasteiger partial charge in [-0.1, -0.05) is 110 Å². The van der Waals surface area contributed by atoms with E-state index in [4.69, 9.17) is 0 Å². The van der Waals surface area contributed by atoms with Crippen LogP contribution < -0.4 is 0 Å². The normalized spacial score (nSPS) is 11.7. The SMILES string of the molecule is CCCCc1ccc(-c2ccc(-c3ccc(-c4ccc(C(F)(F)F)cc4)cc3)cc2)c2ccccc12. The average molecular weight is 481 g/mol. The first-order chi connectivity index (χ1) is 17.4. The molecule has 180 valence electrons. The van der Waals surface area contributed by atoms with E-state index in [1.54, 1.807) is 0 Å². The number of aryl methyl sites for hydroxylation is 1. The summed E-state index contributed by atoms with van der Waals surface area (Å²) >= 11 is 0. The lowest BCUT2D eigenvalue weighted by Gasteiger charge is -2.12. The summed E-state index contributed by atoms with van der Waals surface area (Å²) in [5.74, 6) is 0.